The number of aromatic nitrogens is 2. The van der Waals surface area contributed by atoms with E-state index in [2.05, 4.69) is 26.3 Å². The van der Waals surface area contributed by atoms with Crippen LogP contribution in [-0.4, -0.2) is 51.0 Å². The zero-order valence-electron chi connectivity index (χ0n) is 15.6. The predicted molar refractivity (Wildman–Crippen MR) is 101 cm³/mol. The van der Waals surface area contributed by atoms with Crippen LogP contribution in [0.1, 0.15) is 17.5 Å². The summed E-state index contributed by atoms with van der Waals surface area (Å²) in [4.78, 5) is 11.3. The zero-order chi connectivity index (χ0) is 18.4. The van der Waals surface area contributed by atoms with Crippen LogP contribution in [0.25, 0.3) is 0 Å². The number of methoxy groups -OCH3 is 3. The van der Waals surface area contributed by atoms with E-state index in [1.165, 1.54) is 11.1 Å². The average molecular weight is 358 g/mol. The first kappa shape index (κ1) is 18.3. The molecule has 0 amide bonds. The maximum Gasteiger partial charge on any atom is 0.227 e. The minimum atomic E-state index is 0.735. The van der Waals surface area contributed by atoms with Gasteiger partial charge in [-0.15, -0.1) is 0 Å². The number of nitrogens with one attached hydrogen (secondary N) is 1. The van der Waals surface area contributed by atoms with Crippen LogP contribution in [0.5, 0.6) is 11.5 Å². The summed E-state index contributed by atoms with van der Waals surface area (Å²) in [6.07, 6.45) is 3.66. The molecule has 1 aromatic heterocycles. The zero-order valence-corrected chi connectivity index (χ0v) is 15.6. The highest BCUT2D eigenvalue weighted by Gasteiger charge is 2.21. The topological polar surface area (TPSA) is 68.7 Å². The van der Waals surface area contributed by atoms with Gasteiger partial charge in [-0.1, -0.05) is 0 Å². The van der Waals surface area contributed by atoms with Crippen LogP contribution >= 0.6 is 0 Å². The van der Waals surface area contributed by atoms with Crippen molar-refractivity contribution >= 4 is 11.8 Å². The van der Waals surface area contributed by atoms with E-state index in [0.29, 0.717) is 0 Å². The number of nitrogens with zero attached hydrogens (tertiary/aromatic N) is 3. The van der Waals surface area contributed by atoms with Crippen LogP contribution in [0, 0.1) is 0 Å². The van der Waals surface area contributed by atoms with Gasteiger partial charge < -0.3 is 24.4 Å². The molecule has 7 heteroatoms. The molecule has 0 radical (unpaired) electrons. The minimum Gasteiger partial charge on any atom is -0.493 e. The standard InChI is InChI=1S/C19H26N4O3/c1-24-10-4-7-20-18-5-8-21-19(22-18)23-9-6-14-11-16(25-2)17(26-3)12-15(14)13-23/h5,8,11-12H,4,6-7,9-10,13H2,1-3H3,(H,20,21,22). The molecule has 0 atom stereocenters. The predicted octanol–water partition coefficient (Wildman–Crippen LogP) is 2.50. The Labute approximate surface area is 154 Å². The van der Waals surface area contributed by atoms with Crippen LogP contribution in [0.4, 0.5) is 11.8 Å². The number of fused-ring (bicyclic) bond motifs is 1. The first-order valence-electron chi connectivity index (χ1n) is 8.79. The fraction of sp³-hybridized carbons (Fsp3) is 0.474. The fourth-order valence-corrected chi connectivity index (χ4v) is 3.09. The first-order valence-corrected chi connectivity index (χ1v) is 8.79. The Bertz CT molecular complexity index is 739. The van der Waals surface area contributed by atoms with Crippen LogP contribution in [0.15, 0.2) is 24.4 Å². The minimum absolute atomic E-state index is 0.735. The maximum atomic E-state index is 5.43. The van der Waals surface area contributed by atoms with Crippen molar-refractivity contribution in [2.24, 2.45) is 0 Å². The lowest BCUT2D eigenvalue weighted by atomic mass is 9.99. The van der Waals surface area contributed by atoms with Crippen molar-refractivity contribution < 1.29 is 14.2 Å². The summed E-state index contributed by atoms with van der Waals surface area (Å²) in [6.45, 7) is 3.18. The molecule has 7 nitrogen and oxygen atoms in total. The second-order valence-corrected chi connectivity index (χ2v) is 6.16. The Morgan fingerprint density at radius 3 is 2.62 bits per heavy atom. The maximum absolute atomic E-state index is 5.43. The molecule has 1 N–H and O–H groups in total. The molecular formula is C19H26N4O3. The van der Waals surface area contributed by atoms with E-state index >= 15 is 0 Å². The van der Waals surface area contributed by atoms with E-state index in [1.54, 1.807) is 27.5 Å². The van der Waals surface area contributed by atoms with E-state index in [9.17, 15) is 0 Å². The van der Waals surface area contributed by atoms with Gasteiger partial charge in [0.15, 0.2) is 11.5 Å². The van der Waals surface area contributed by atoms with E-state index in [-0.39, 0.29) is 0 Å². The van der Waals surface area contributed by atoms with Gasteiger partial charge in [0.25, 0.3) is 0 Å². The van der Waals surface area contributed by atoms with Gasteiger partial charge >= 0.3 is 0 Å². The van der Waals surface area contributed by atoms with E-state index in [0.717, 1.165) is 62.3 Å². The number of benzene rings is 1. The molecule has 140 valence electrons. The van der Waals surface area contributed by atoms with Crippen molar-refractivity contribution in [3.8, 4) is 11.5 Å². The van der Waals surface area contributed by atoms with E-state index in [4.69, 9.17) is 14.2 Å². The van der Waals surface area contributed by atoms with Crippen LogP contribution < -0.4 is 19.7 Å². The lowest BCUT2D eigenvalue weighted by molar-refractivity contribution is 0.198. The molecule has 3 rings (SSSR count). The average Bonchev–Trinajstić information content (AvgIpc) is 2.70. The second-order valence-electron chi connectivity index (χ2n) is 6.16. The molecule has 1 aliphatic heterocycles. The Morgan fingerprint density at radius 2 is 1.88 bits per heavy atom. The molecule has 26 heavy (non-hydrogen) atoms. The molecule has 0 unspecified atom stereocenters. The third-order valence-corrected chi connectivity index (χ3v) is 4.48. The molecule has 0 fully saturated rings. The van der Waals surface area contributed by atoms with Crippen molar-refractivity contribution in [3.63, 3.8) is 0 Å². The molecule has 2 aromatic rings. The third kappa shape index (κ3) is 4.16. The number of hydrogen-bond acceptors (Lipinski definition) is 7. The Balaban J connectivity index is 1.72. The highest BCUT2D eigenvalue weighted by atomic mass is 16.5. The highest BCUT2D eigenvalue weighted by Crippen LogP contribution is 2.33. The summed E-state index contributed by atoms with van der Waals surface area (Å²) < 4.78 is 15.9. The summed E-state index contributed by atoms with van der Waals surface area (Å²) in [6, 6.07) is 6.01. The molecule has 2 heterocycles. The van der Waals surface area contributed by atoms with Gasteiger partial charge in [-0.25, -0.2) is 4.98 Å². The summed E-state index contributed by atoms with van der Waals surface area (Å²) in [5.74, 6) is 3.10. The Kier molecular flexibility index (Phi) is 6.12. The number of anilines is 2. The number of hydrogen-bond donors (Lipinski definition) is 1. The number of rotatable bonds is 8. The Hall–Kier alpha value is -2.54. The molecule has 0 saturated heterocycles. The van der Waals surface area contributed by atoms with Gasteiger partial charge in [-0.3, -0.25) is 0 Å². The van der Waals surface area contributed by atoms with Crippen molar-refractivity contribution in [1.82, 2.24) is 9.97 Å². The third-order valence-electron chi connectivity index (χ3n) is 4.48. The molecule has 1 aromatic carbocycles. The van der Waals surface area contributed by atoms with E-state index < -0.39 is 0 Å². The summed E-state index contributed by atoms with van der Waals surface area (Å²) in [5, 5.41) is 3.32. The van der Waals surface area contributed by atoms with Gasteiger partial charge in [-0.2, -0.15) is 4.98 Å². The largest absolute Gasteiger partial charge is 0.493 e. The summed E-state index contributed by atoms with van der Waals surface area (Å²) in [5.41, 5.74) is 2.50. The van der Waals surface area contributed by atoms with Gasteiger partial charge in [0, 0.05) is 39.5 Å². The van der Waals surface area contributed by atoms with Gasteiger partial charge in [0.2, 0.25) is 5.95 Å². The van der Waals surface area contributed by atoms with Crippen molar-refractivity contribution in [2.75, 3.05) is 51.2 Å². The van der Waals surface area contributed by atoms with Gasteiger partial charge in [-0.05, 0) is 42.2 Å². The van der Waals surface area contributed by atoms with Crippen molar-refractivity contribution in [2.45, 2.75) is 19.4 Å². The lowest BCUT2D eigenvalue weighted by Crippen LogP contribution is -2.32. The molecule has 0 spiro atoms. The summed E-state index contributed by atoms with van der Waals surface area (Å²) >= 11 is 0. The van der Waals surface area contributed by atoms with Crippen molar-refractivity contribution in [3.05, 3.63) is 35.5 Å². The van der Waals surface area contributed by atoms with Crippen LogP contribution in [0.3, 0.4) is 0 Å². The Morgan fingerprint density at radius 1 is 1.12 bits per heavy atom. The fourth-order valence-electron chi connectivity index (χ4n) is 3.09. The quantitative estimate of drug-likeness (QED) is 0.727. The smallest absolute Gasteiger partial charge is 0.227 e. The second kappa shape index (κ2) is 8.71. The number of ether oxygens (including phenoxy) is 3. The monoisotopic (exact) mass is 358 g/mol. The van der Waals surface area contributed by atoms with Crippen LogP contribution in [0.2, 0.25) is 0 Å². The molecule has 0 bridgehead atoms. The van der Waals surface area contributed by atoms with Gasteiger partial charge in [0.05, 0.1) is 14.2 Å². The summed E-state index contributed by atoms with van der Waals surface area (Å²) in [7, 11) is 5.03. The van der Waals surface area contributed by atoms with E-state index in [1.807, 2.05) is 12.1 Å². The molecule has 0 aliphatic carbocycles. The molecule has 1 aliphatic rings. The van der Waals surface area contributed by atoms with Crippen molar-refractivity contribution in [1.29, 1.82) is 0 Å². The van der Waals surface area contributed by atoms with Gasteiger partial charge in [0.1, 0.15) is 5.82 Å². The molecular weight excluding hydrogens is 332 g/mol. The molecule has 0 saturated carbocycles. The SMILES string of the molecule is COCCCNc1ccnc(N2CCc3cc(OC)c(OC)cc3C2)n1. The highest BCUT2D eigenvalue weighted by molar-refractivity contribution is 5.51. The normalized spacial score (nSPS) is 13.3. The lowest BCUT2D eigenvalue weighted by Gasteiger charge is -2.29. The first-order chi connectivity index (χ1) is 12.7. The van der Waals surface area contributed by atoms with Crippen LogP contribution in [-0.2, 0) is 17.7 Å².